The van der Waals surface area contributed by atoms with Crippen LogP contribution in [0.4, 0.5) is 0 Å². The van der Waals surface area contributed by atoms with Gasteiger partial charge >= 0.3 is 0 Å². The third-order valence-electron chi connectivity index (χ3n) is 3.36. The van der Waals surface area contributed by atoms with Crippen molar-refractivity contribution in [2.45, 2.75) is 25.5 Å². The molecule has 0 spiro atoms. The Labute approximate surface area is 107 Å². The molecule has 0 radical (unpaired) electrons. The van der Waals surface area contributed by atoms with E-state index in [0.29, 0.717) is 12.2 Å². The topological polar surface area (TPSA) is 49.8 Å². The third-order valence-corrected chi connectivity index (χ3v) is 3.36. The molecular formula is C14H19NO3. The molecule has 1 aromatic carbocycles. The van der Waals surface area contributed by atoms with E-state index in [1.165, 1.54) is 0 Å². The van der Waals surface area contributed by atoms with Crippen LogP contribution in [0, 0.1) is 0 Å². The smallest absolute Gasteiger partial charge is 0.254 e. The van der Waals surface area contributed by atoms with Gasteiger partial charge in [0.25, 0.3) is 5.91 Å². The minimum Gasteiger partial charge on any atom is -0.394 e. The minimum absolute atomic E-state index is 0.00974. The predicted molar refractivity (Wildman–Crippen MR) is 68.3 cm³/mol. The molecule has 1 atom stereocenters. The lowest BCUT2D eigenvalue weighted by atomic mass is 10.1. The summed E-state index contributed by atoms with van der Waals surface area (Å²) in [6, 6.07) is 7.44. The highest BCUT2D eigenvalue weighted by Crippen LogP contribution is 2.20. The Morgan fingerprint density at radius 2 is 2.17 bits per heavy atom. The zero-order chi connectivity index (χ0) is 13.0. The first-order valence-corrected chi connectivity index (χ1v) is 6.26. The fourth-order valence-corrected chi connectivity index (χ4v) is 2.37. The fraction of sp³-hybridized carbons (Fsp3) is 0.500. The molecule has 0 unspecified atom stereocenters. The van der Waals surface area contributed by atoms with Crippen LogP contribution in [0.3, 0.4) is 0 Å². The number of carbonyl (C=O) groups is 1. The number of hydrogen-bond donors (Lipinski definition) is 1. The van der Waals surface area contributed by atoms with Gasteiger partial charge in [0.2, 0.25) is 0 Å². The Bertz CT molecular complexity index is 402. The molecule has 18 heavy (non-hydrogen) atoms. The summed E-state index contributed by atoms with van der Waals surface area (Å²) in [7, 11) is 1.65. The molecule has 1 aromatic rings. The Hall–Kier alpha value is -1.39. The number of hydrogen-bond acceptors (Lipinski definition) is 3. The largest absolute Gasteiger partial charge is 0.394 e. The second kappa shape index (κ2) is 5.98. The summed E-state index contributed by atoms with van der Waals surface area (Å²) >= 11 is 0. The van der Waals surface area contributed by atoms with E-state index in [1.807, 2.05) is 24.3 Å². The standard InChI is InChI=1S/C14H19NO3/c1-18-10-11-4-6-12(7-5-11)14(17)15-8-2-3-13(15)9-16/h4-7,13,16H,2-3,8-10H2,1H3/t13-/m0/s1. The maximum atomic E-state index is 12.3. The minimum atomic E-state index is -0.0175. The van der Waals surface area contributed by atoms with Crippen LogP contribution < -0.4 is 0 Å². The van der Waals surface area contributed by atoms with Crippen molar-refractivity contribution < 1.29 is 14.6 Å². The number of carbonyl (C=O) groups excluding carboxylic acids is 1. The molecule has 1 fully saturated rings. The quantitative estimate of drug-likeness (QED) is 0.878. The van der Waals surface area contributed by atoms with Crippen LogP contribution in [-0.2, 0) is 11.3 Å². The molecule has 4 heteroatoms. The highest BCUT2D eigenvalue weighted by Gasteiger charge is 2.28. The van der Waals surface area contributed by atoms with Crippen LogP contribution in [-0.4, -0.2) is 42.2 Å². The maximum absolute atomic E-state index is 12.3. The van der Waals surface area contributed by atoms with Crippen LogP contribution in [0.15, 0.2) is 24.3 Å². The number of methoxy groups -OCH3 is 1. The summed E-state index contributed by atoms with van der Waals surface area (Å²) in [5.41, 5.74) is 1.73. The molecule has 0 aliphatic carbocycles. The first kappa shape index (κ1) is 13.1. The number of aliphatic hydroxyl groups is 1. The molecule has 1 N–H and O–H groups in total. The van der Waals surface area contributed by atoms with Gasteiger partial charge in [0.15, 0.2) is 0 Å². The zero-order valence-corrected chi connectivity index (χ0v) is 10.6. The van der Waals surface area contributed by atoms with E-state index < -0.39 is 0 Å². The summed E-state index contributed by atoms with van der Waals surface area (Å²) in [4.78, 5) is 14.0. The maximum Gasteiger partial charge on any atom is 0.254 e. The molecule has 2 rings (SSSR count). The average molecular weight is 249 g/mol. The number of aliphatic hydroxyl groups excluding tert-OH is 1. The van der Waals surface area contributed by atoms with Gasteiger partial charge < -0.3 is 14.7 Å². The van der Waals surface area contributed by atoms with Crippen molar-refractivity contribution in [1.29, 1.82) is 0 Å². The van der Waals surface area contributed by atoms with Gasteiger partial charge in [0, 0.05) is 19.2 Å². The lowest BCUT2D eigenvalue weighted by Crippen LogP contribution is -2.37. The number of amides is 1. The normalized spacial score (nSPS) is 19.2. The van der Waals surface area contributed by atoms with E-state index in [-0.39, 0.29) is 18.6 Å². The number of benzene rings is 1. The monoisotopic (exact) mass is 249 g/mol. The summed E-state index contributed by atoms with van der Waals surface area (Å²) in [6.45, 7) is 1.34. The van der Waals surface area contributed by atoms with Crippen molar-refractivity contribution in [3.05, 3.63) is 35.4 Å². The van der Waals surface area contributed by atoms with Crippen molar-refractivity contribution in [2.24, 2.45) is 0 Å². The van der Waals surface area contributed by atoms with Crippen molar-refractivity contribution in [3.63, 3.8) is 0 Å². The lowest BCUT2D eigenvalue weighted by molar-refractivity contribution is 0.0677. The van der Waals surface area contributed by atoms with Crippen LogP contribution in [0.1, 0.15) is 28.8 Å². The van der Waals surface area contributed by atoms with Crippen molar-refractivity contribution in [3.8, 4) is 0 Å². The Morgan fingerprint density at radius 3 is 2.78 bits per heavy atom. The SMILES string of the molecule is COCc1ccc(C(=O)N2CCC[C@H]2CO)cc1. The summed E-state index contributed by atoms with van der Waals surface area (Å²) in [5, 5.41) is 9.24. The third kappa shape index (κ3) is 2.71. The first-order valence-electron chi connectivity index (χ1n) is 6.26. The van der Waals surface area contributed by atoms with Crippen LogP contribution >= 0.6 is 0 Å². The van der Waals surface area contributed by atoms with Crippen LogP contribution in [0.25, 0.3) is 0 Å². The predicted octanol–water partition coefficient (Wildman–Crippen LogP) is 1.43. The molecule has 98 valence electrons. The molecule has 0 bridgehead atoms. The second-order valence-corrected chi connectivity index (χ2v) is 4.61. The van der Waals surface area contributed by atoms with Crippen LogP contribution in [0.2, 0.25) is 0 Å². The number of nitrogens with zero attached hydrogens (tertiary/aromatic N) is 1. The molecule has 0 saturated carbocycles. The van der Waals surface area contributed by atoms with Gasteiger partial charge in [-0.25, -0.2) is 0 Å². The van der Waals surface area contributed by atoms with Gasteiger partial charge in [-0.1, -0.05) is 12.1 Å². The van der Waals surface area contributed by atoms with Gasteiger partial charge in [-0.3, -0.25) is 4.79 Å². The molecule has 0 aromatic heterocycles. The summed E-state index contributed by atoms with van der Waals surface area (Å²) in [5.74, 6) is 0.00974. The number of ether oxygens (including phenoxy) is 1. The second-order valence-electron chi connectivity index (χ2n) is 4.61. The highest BCUT2D eigenvalue weighted by molar-refractivity contribution is 5.94. The molecular weight excluding hydrogens is 230 g/mol. The zero-order valence-electron chi connectivity index (χ0n) is 10.6. The Morgan fingerprint density at radius 1 is 1.44 bits per heavy atom. The molecule has 1 aliphatic rings. The fourth-order valence-electron chi connectivity index (χ4n) is 2.37. The van der Waals surface area contributed by atoms with E-state index in [1.54, 1.807) is 12.0 Å². The number of likely N-dealkylation sites (tertiary alicyclic amines) is 1. The summed E-state index contributed by atoms with van der Waals surface area (Å²) in [6.07, 6.45) is 1.86. The Balaban J connectivity index is 2.08. The highest BCUT2D eigenvalue weighted by atomic mass is 16.5. The molecule has 1 heterocycles. The molecule has 4 nitrogen and oxygen atoms in total. The summed E-state index contributed by atoms with van der Waals surface area (Å²) < 4.78 is 5.03. The van der Waals surface area contributed by atoms with Crippen molar-refractivity contribution in [2.75, 3.05) is 20.3 Å². The van der Waals surface area contributed by atoms with Gasteiger partial charge in [-0.15, -0.1) is 0 Å². The van der Waals surface area contributed by atoms with E-state index in [9.17, 15) is 9.90 Å². The molecule has 1 amide bonds. The molecule has 1 saturated heterocycles. The molecule has 1 aliphatic heterocycles. The van der Waals surface area contributed by atoms with E-state index in [2.05, 4.69) is 0 Å². The van der Waals surface area contributed by atoms with Gasteiger partial charge in [0.1, 0.15) is 0 Å². The van der Waals surface area contributed by atoms with Crippen LogP contribution in [0.5, 0.6) is 0 Å². The average Bonchev–Trinajstić information content (AvgIpc) is 2.87. The Kier molecular flexibility index (Phi) is 4.33. The van der Waals surface area contributed by atoms with Crippen molar-refractivity contribution in [1.82, 2.24) is 4.90 Å². The van der Waals surface area contributed by atoms with E-state index in [4.69, 9.17) is 4.74 Å². The van der Waals surface area contributed by atoms with Gasteiger partial charge in [-0.2, -0.15) is 0 Å². The lowest BCUT2D eigenvalue weighted by Gasteiger charge is -2.23. The van der Waals surface area contributed by atoms with E-state index in [0.717, 1.165) is 24.9 Å². The first-order chi connectivity index (χ1) is 8.76. The van der Waals surface area contributed by atoms with Gasteiger partial charge in [-0.05, 0) is 30.5 Å². The number of rotatable bonds is 4. The van der Waals surface area contributed by atoms with E-state index >= 15 is 0 Å². The van der Waals surface area contributed by atoms with Gasteiger partial charge in [0.05, 0.1) is 19.3 Å². The van der Waals surface area contributed by atoms with Crippen molar-refractivity contribution >= 4 is 5.91 Å².